The molecule has 0 saturated heterocycles. The van der Waals surface area contributed by atoms with Gasteiger partial charge in [0.2, 0.25) is 5.91 Å². The number of aromatic nitrogens is 1. The molecule has 124 valence electrons. The summed E-state index contributed by atoms with van der Waals surface area (Å²) < 4.78 is 6.71. The first-order valence-electron chi connectivity index (χ1n) is 7.57. The molecule has 0 bridgehead atoms. The van der Waals surface area contributed by atoms with Crippen LogP contribution >= 0.6 is 0 Å². The van der Waals surface area contributed by atoms with Gasteiger partial charge in [0.05, 0.1) is 18.2 Å². The standard InChI is InChI=1S/C17H23N3O3/c1-12(21)20-11-15(17(22)18-8-5-9-19(2)3)14-10-13(23-4)6-7-16(14)20/h6-7,10-11H,5,8-9H2,1-4H3,(H,18,22). The lowest BCUT2D eigenvalue weighted by atomic mass is 10.1. The predicted octanol–water partition coefficient (Wildman–Crippen LogP) is 1.99. The Kier molecular flexibility index (Phi) is 5.39. The van der Waals surface area contributed by atoms with Gasteiger partial charge in [-0.3, -0.25) is 14.2 Å². The first-order valence-corrected chi connectivity index (χ1v) is 7.57. The molecule has 1 amide bonds. The largest absolute Gasteiger partial charge is 0.497 e. The average Bonchev–Trinajstić information content (AvgIpc) is 2.90. The molecule has 0 atom stereocenters. The monoisotopic (exact) mass is 317 g/mol. The minimum atomic E-state index is -0.179. The summed E-state index contributed by atoms with van der Waals surface area (Å²) in [5, 5.41) is 3.62. The number of rotatable bonds is 6. The topological polar surface area (TPSA) is 63.6 Å². The Morgan fingerprint density at radius 1 is 1.30 bits per heavy atom. The zero-order chi connectivity index (χ0) is 17.0. The molecule has 6 heteroatoms. The molecule has 1 N–H and O–H groups in total. The molecule has 0 unspecified atom stereocenters. The summed E-state index contributed by atoms with van der Waals surface area (Å²) in [5.74, 6) is 0.342. The number of ether oxygens (including phenoxy) is 1. The summed E-state index contributed by atoms with van der Waals surface area (Å²) in [6.07, 6.45) is 2.46. The molecule has 0 fully saturated rings. The molecule has 0 radical (unpaired) electrons. The quantitative estimate of drug-likeness (QED) is 0.828. The minimum Gasteiger partial charge on any atom is -0.497 e. The highest BCUT2D eigenvalue weighted by atomic mass is 16.5. The van der Waals surface area contributed by atoms with E-state index in [-0.39, 0.29) is 11.8 Å². The van der Waals surface area contributed by atoms with Gasteiger partial charge in [-0.25, -0.2) is 0 Å². The van der Waals surface area contributed by atoms with Gasteiger partial charge in [0, 0.05) is 25.1 Å². The summed E-state index contributed by atoms with van der Waals surface area (Å²) in [4.78, 5) is 26.3. The highest BCUT2D eigenvalue weighted by molar-refractivity contribution is 6.09. The highest BCUT2D eigenvalue weighted by Gasteiger charge is 2.17. The number of nitrogens with zero attached hydrogens (tertiary/aromatic N) is 2. The molecule has 0 aliphatic carbocycles. The maximum atomic E-state index is 12.4. The fourth-order valence-corrected chi connectivity index (χ4v) is 2.47. The smallest absolute Gasteiger partial charge is 0.253 e. The Morgan fingerprint density at radius 2 is 2.04 bits per heavy atom. The highest BCUT2D eigenvalue weighted by Crippen LogP contribution is 2.26. The number of carbonyl (C=O) groups excluding carboxylic acids is 2. The molecule has 0 aliphatic heterocycles. The van der Waals surface area contributed by atoms with Crippen molar-refractivity contribution in [2.75, 3.05) is 34.3 Å². The lowest BCUT2D eigenvalue weighted by molar-refractivity contribution is 0.0941. The van der Waals surface area contributed by atoms with Crippen LogP contribution in [0, 0.1) is 0 Å². The van der Waals surface area contributed by atoms with E-state index in [2.05, 4.69) is 10.2 Å². The first kappa shape index (κ1) is 17.0. The Balaban J connectivity index is 2.28. The van der Waals surface area contributed by atoms with Crippen molar-refractivity contribution in [3.63, 3.8) is 0 Å². The van der Waals surface area contributed by atoms with Crippen molar-refractivity contribution in [1.29, 1.82) is 0 Å². The van der Waals surface area contributed by atoms with E-state index in [1.54, 1.807) is 31.5 Å². The van der Waals surface area contributed by atoms with Gasteiger partial charge < -0.3 is 15.0 Å². The fourth-order valence-electron chi connectivity index (χ4n) is 2.47. The van der Waals surface area contributed by atoms with Crippen molar-refractivity contribution in [2.45, 2.75) is 13.3 Å². The number of benzene rings is 1. The Labute approximate surface area is 136 Å². The van der Waals surface area contributed by atoms with E-state index in [4.69, 9.17) is 4.74 Å². The van der Waals surface area contributed by atoms with Crippen LogP contribution in [0.1, 0.15) is 28.5 Å². The molecule has 1 heterocycles. The van der Waals surface area contributed by atoms with E-state index in [1.807, 2.05) is 14.1 Å². The molecule has 1 aromatic carbocycles. The van der Waals surface area contributed by atoms with Crippen molar-refractivity contribution in [2.24, 2.45) is 0 Å². The third-order valence-electron chi connectivity index (χ3n) is 3.66. The van der Waals surface area contributed by atoms with Crippen molar-refractivity contribution in [3.05, 3.63) is 30.0 Å². The van der Waals surface area contributed by atoms with Crippen molar-refractivity contribution in [3.8, 4) is 5.75 Å². The van der Waals surface area contributed by atoms with Crippen LogP contribution < -0.4 is 10.1 Å². The molecular formula is C17H23N3O3. The van der Waals surface area contributed by atoms with Gasteiger partial charge in [-0.05, 0) is 45.3 Å². The summed E-state index contributed by atoms with van der Waals surface area (Å²) in [6, 6.07) is 5.35. The number of hydrogen-bond donors (Lipinski definition) is 1. The molecule has 0 aliphatic rings. The van der Waals surface area contributed by atoms with E-state index in [9.17, 15) is 9.59 Å². The number of nitrogens with one attached hydrogen (secondary N) is 1. The number of carbonyl (C=O) groups is 2. The van der Waals surface area contributed by atoms with Crippen LogP contribution in [0.5, 0.6) is 5.75 Å². The van der Waals surface area contributed by atoms with Gasteiger partial charge >= 0.3 is 0 Å². The van der Waals surface area contributed by atoms with Gasteiger partial charge in [-0.15, -0.1) is 0 Å². The van der Waals surface area contributed by atoms with Gasteiger partial charge in [0.25, 0.3) is 5.91 Å². The van der Waals surface area contributed by atoms with Crippen LogP contribution in [0.4, 0.5) is 0 Å². The summed E-state index contributed by atoms with van der Waals surface area (Å²) in [7, 11) is 5.56. The Hall–Kier alpha value is -2.34. The van der Waals surface area contributed by atoms with Gasteiger partial charge in [-0.1, -0.05) is 0 Å². The molecule has 0 saturated carbocycles. The van der Waals surface area contributed by atoms with Crippen LogP contribution in [0.2, 0.25) is 0 Å². The van der Waals surface area contributed by atoms with Crippen molar-refractivity contribution < 1.29 is 14.3 Å². The number of methoxy groups -OCH3 is 1. The second-order valence-corrected chi connectivity index (χ2v) is 5.73. The van der Waals surface area contributed by atoms with Gasteiger partial charge in [-0.2, -0.15) is 0 Å². The van der Waals surface area contributed by atoms with Crippen molar-refractivity contribution >= 4 is 22.7 Å². The second-order valence-electron chi connectivity index (χ2n) is 5.73. The molecule has 2 rings (SSSR count). The number of amides is 1. The molecule has 1 aromatic heterocycles. The molecule has 2 aromatic rings. The van der Waals surface area contributed by atoms with E-state index in [0.717, 1.165) is 13.0 Å². The van der Waals surface area contributed by atoms with Gasteiger partial charge in [0.1, 0.15) is 5.75 Å². The van der Waals surface area contributed by atoms with Crippen LogP contribution in [0.15, 0.2) is 24.4 Å². The maximum Gasteiger partial charge on any atom is 0.253 e. The lowest BCUT2D eigenvalue weighted by Gasteiger charge is -2.09. The number of hydrogen-bond acceptors (Lipinski definition) is 4. The summed E-state index contributed by atoms with van der Waals surface area (Å²) in [6.45, 7) is 2.97. The minimum absolute atomic E-state index is 0.133. The molecular weight excluding hydrogens is 294 g/mol. The van der Waals surface area contributed by atoms with Gasteiger partial charge in [0.15, 0.2) is 0 Å². The average molecular weight is 317 g/mol. The zero-order valence-electron chi connectivity index (χ0n) is 14.0. The van der Waals surface area contributed by atoms with E-state index >= 15 is 0 Å². The normalized spacial score (nSPS) is 11.0. The summed E-state index contributed by atoms with van der Waals surface area (Å²) in [5.41, 5.74) is 1.19. The predicted molar refractivity (Wildman–Crippen MR) is 90.3 cm³/mol. The van der Waals surface area contributed by atoms with Crippen LogP contribution in [0.25, 0.3) is 10.9 Å². The third-order valence-corrected chi connectivity index (χ3v) is 3.66. The van der Waals surface area contributed by atoms with E-state index in [0.29, 0.717) is 28.8 Å². The Bertz CT molecular complexity index is 719. The van der Waals surface area contributed by atoms with Crippen LogP contribution in [-0.2, 0) is 0 Å². The number of fused-ring (bicyclic) bond motifs is 1. The van der Waals surface area contributed by atoms with E-state index < -0.39 is 0 Å². The summed E-state index contributed by atoms with van der Waals surface area (Å²) >= 11 is 0. The molecule has 23 heavy (non-hydrogen) atoms. The van der Waals surface area contributed by atoms with Crippen LogP contribution in [-0.4, -0.2) is 55.6 Å². The third kappa shape index (κ3) is 3.90. The van der Waals surface area contributed by atoms with Crippen LogP contribution in [0.3, 0.4) is 0 Å². The second kappa shape index (κ2) is 7.28. The van der Waals surface area contributed by atoms with E-state index in [1.165, 1.54) is 11.5 Å². The SMILES string of the molecule is COc1ccc2c(c1)c(C(=O)NCCCN(C)C)cn2C(C)=O. The fraction of sp³-hybridized carbons (Fsp3) is 0.412. The maximum absolute atomic E-state index is 12.4. The zero-order valence-corrected chi connectivity index (χ0v) is 14.0. The first-order chi connectivity index (χ1) is 10.9. The lowest BCUT2D eigenvalue weighted by Crippen LogP contribution is -2.27. The molecule has 6 nitrogen and oxygen atoms in total. The Morgan fingerprint density at radius 3 is 2.65 bits per heavy atom. The molecule has 0 spiro atoms. The van der Waals surface area contributed by atoms with Crippen molar-refractivity contribution in [1.82, 2.24) is 14.8 Å².